The fourth-order valence-electron chi connectivity index (χ4n) is 2.47. The normalized spacial score (nSPS) is 29.6. The molecule has 2 N–H and O–H groups in total. The summed E-state index contributed by atoms with van der Waals surface area (Å²) in [6, 6.07) is 0. The number of ether oxygens (including phenoxy) is 2. The summed E-state index contributed by atoms with van der Waals surface area (Å²) in [4.78, 5) is 45.5. The van der Waals surface area contributed by atoms with Crippen LogP contribution in [0.15, 0.2) is 0 Å². The fourth-order valence-corrected chi connectivity index (χ4v) is 2.47. The van der Waals surface area contributed by atoms with Crippen LogP contribution in [0.3, 0.4) is 0 Å². The zero-order valence-corrected chi connectivity index (χ0v) is 10.4. The Morgan fingerprint density at radius 2 is 1.16 bits per heavy atom. The van der Waals surface area contributed by atoms with Gasteiger partial charge in [0.15, 0.2) is 0 Å². The van der Waals surface area contributed by atoms with E-state index in [1.165, 1.54) is 0 Å². The van der Waals surface area contributed by atoms with Gasteiger partial charge in [-0.1, -0.05) is 0 Å². The van der Waals surface area contributed by atoms with Gasteiger partial charge < -0.3 is 19.7 Å². The van der Waals surface area contributed by atoms with Crippen molar-refractivity contribution >= 4 is 23.9 Å². The Bertz CT molecular complexity index is 377. The van der Waals surface area contributed by atoms with Crippen molar-refractivity contribution in [3.8, 4) is 0 Å². The van der Waals surface area contributed by atoms with E-state index in [1.54, 1.807) is 0 Å². The Morgan fingerprint density at radius 3 is 1.37 bits per heavy atom. The predicted molar refractivity (Wildman–Crippen MR) is 57.9 cm³/mol. The molecule has 8 heteroatoms. The quantitative estimate of drug-likeness (QED) is 0.648. The molecule has 0 aromatic carbocycles. The van der Waals surface area contributed by atoms with Crippen LogP contribution < -0.4 is 0 Å². The van der Waals surface area contributed by atoms with E-state index in [0.29, 0.717) is 0 Å². The molecule has 0 saturated heterocycles. The third-order valence-electron chi connectivity index (χ3n) is 3.34. The van der Waals surface area contributed by atoms with Gasteiger partial charge in [0.05, 0.1) is 37.9 Å². The van der Waals surface area contributed by atoms with Gasteiger partial charge in [0.25, 0.3) is 0 Å². The van der Waals surface area contributed by atoms with E-state index in [9.17, 15) is 19.2 Å². The van der Waals surface area contributed by atoms with Crippen LogP contribution in [0.4, 0.5) is 0 Å². The molecule has 0 radical (unpaired) electrons. The van der Waals surface area contributed by atoms with E-state index >= 15 is 0 Å². The molecule has 0 aromatic heterocycles. The number of aliphatic carboxylic acids is 2. The Kier molecular flexibility index (Phi) is 4.47. The first-order chi connectivity index (χ1) is 8.84. The summed E-state index contributed by atoms with van der Waals surface area (Å²) < 4.78 is 8.93. The molecule has 0 bridgehead atoms. The topological polar surface area (TPSA) is 127 Å². The second-order valence-electron chi connectivity index (χ2n) is 4.22. The van der Waals surface area contributed by atoms with Crippen molar-refractivity contribution in [1.82, 2.24) is 0 Å². The van der Waals surface area contributed by atoms with Crippen LogP contribution in [0.2, 0.25) is 0 Å². The van der Waals surface area contributed by atoms with Gasteiger partial charge in [-0.05, 0) is 6.42 Å². The summed E-state index contributed by atoms with van der Waals surface area (Å²) >= 11 is 0. The van der Waals surface area contributed by atoms with Crippen molar-refractivity contribution < 1.29 is 38.9 Å². The number of carboxylic acids is 2. The van der Waals surface area contributed by atoms with E-state index in [2.05, 4.69) is 9.47 Å². The Morgan fingerprint density at radius 1 is 0.842 bits per heavy atom. The van der Waals surface area contributed by atoms with E-state index < -0.39 is 47.5 Å². The highest BCUT2D eigenvalue weighted by atomic mass is 16.5. The molecule has 1 aliphatic rings. The Balaban J connectivity index is 3.22. The molecule has 0 aromatic rings. The highest BCUT2D eigenvalue weighted by Gasteiger charge is 2.57. The van der Waals surface area contributed by atoms with Crippen LogP contribution in [-0.2, 0) is 28.7 Å². The largest absolute Gasteiger partial charge is 0.481 e. The molecule has 4 atom stereocenters. The third-order valence-corrected chi connectivity index (χ3v) is 3.34. The van der Waals surface area contributed by atoms with Crippen LogP contribution in [-0.4, -0.2) is 48.3 Å². The van der Waals surface area contributed by atoms with Crippen LogP contribution in [0, 0.1) is 23.7 Å². The minimum atomic E-state index is -1.35. The SMILES string of the molecule is COC(=O)C1C(C(=O)O)CC(C(=O)O)C1C(=O)OC. The average Bonchev–Trinajstić information content (AvgIpc) is 2.77. The van der Waals surface area contributed by atoms with Gasteiger partial charge in [0.1, 0.15) is 0 Å². The minimum absolute atomic E-state index is 0.315. The number of carbonyl (C=O) groups excluding carboxylic acids is 2. The van der Waals surface area contributed by atoms with E-state index in [0.717, 1.165) is 14.2 Å². The number of hydrogen-bond acceptors (Lipinski definition) is 6. The van der Waals surface area contributed by atoms with Crippen molar-refractivity contribution in [2.24, 2.45) is 23.7 Å². The Hall–Kier alpha value is -2.12. The van der Waals surface area contributed by atoms with Gasteiger partial charge in [-0.2, -0.15) is 0 Å². The first-order valence-electron chi connectivity index (χ1n) is 5.46. The first-order valence-corrected chi connectivity index (χ1v) is 5.46. The Labute approximate surface area is 108 Å². The summed E-state index contributed by atoms with van der Waals surface area (Å²) in [5, 5.41) is 18.1. The molecule has 1 fully saturated rings. The number of carboxylic acid groups (broad SMARTS) is 2. The van der Waals surface area contributed by atoms with Crippen LogP contribution >= 0.6 is 0 Å². The zero-order valence-electron chi connectivity index (χ0n) is 10.4. The highest BCUT2D eigenvalue weighted by Crippen LogP contribution is 2.43. The van der Waals surface area contributed by atoms with E-state index in [-0.39, 0.29) is 6.42 Å². The number of carbonyl (C=O) groups is 4. The molecule has 0 aliphatic heterocycles. The monoisotopic (exact) mass is 274 g/mol. The van der Waals surface area contributed by atoms with Crippen molar-refractivity contribution in [2.45, 2.75) is 6.42 Å². The lowest BCUT2D eigenvalue weighted by molar-refractivity contribution is -0.163. The van der Waals surface area contributed by atoms with Crippen molar-refractivity contribution in [2.75, 3.05) is 14.2 Å². The summed E-state index contributed by atoms with van der Waals surface area (Å²) in [6.45, 7) is 0. The maximum Gasteiger partial charge on any atom is 0.310 e. The fraction of sp³-hybridized carbons (Fsp3) is 0.636. The van der Waals surface area contributed by atoms with E-state index in [1.807, 2.05) is 0 Å². The molecule has 0 heterocycles. The molecule has 1 rings (SSSR count). The van der Waals surface area contributed by atoms with Gasteiger partial charge in [0.2, 0.25) is 0 Å². The summed E-state index contributed by atoms with van der Waals surface area (Å²) in [6.07, 6.45) is -0.315. The molecule has 8 nitrogen and oxygen atoms in total. The highest BCUT2D eigenvalue weighted by molar-refractivity contribution is 5.92. The van der Waals surface area contributed by atoms with Gasteiger partial charge in [-0.15, -0.1) is 0 Å². The van der Waals surface area contributed by atoms with Gasteiger partial charge in [-0.25, -0.2) is 0 Å². The maximum absolute atomic E-state index is 11.6. The zero-order chi connectivity index (χ0) is 14.7. The molecule has 0 spiro atoms. The third kappa shape index (κ3) is 2.67. The minimum Gasteiger partial charge on any atom is -0.481 e. The molecule has 1 saturated carbocycles. The summed E-state index contributed by atoms with van der Waals surface area (Å²) in [5.41, 5.74) is 0. The number of methoxy groups -OCH3 is 2. The van der Waals surface area contributed by atoms with Crippen molar-refractivity contribution in [1.29, 1.82) is 0 Å². The maximum atomic E-state index is 11.6. The standard InChI is InChI=1S/C11H14O8/c1-18-10(16)6-4(8(12)13)3-5(9(14)15)7(6)11(17)19-2/h4-7H,3H2,1-2H3,(H,12,13)(H,14,15). The van der Waals surface area contributed by atoms with Gasteiger partial charge >= 0.3 is 23.9 Å². The molecular weight excluding hydrogens is 260 g/mol. The molecule has 1 aliphatic carbocycles. The van der Waals surface area contributed by atoms with Crippen molar-refractivity contribution in [3.05, 3.63) is 0 Å². The average molecular weight is 274 g/mol. The lowest BCUT2D eigenvalue weighted by atomic mass is 9.87. The number of rotatable bonds is 4. The van der Waals surface area contributed by atoms with Crippen LogP contribution in [0.1, 0.15) is 6.42 Å². The lowest BCUT2D eigenvalue weighted by Crippen LogP contribution is -2.37. The molecular formula is C11H14O8. The van der Waals surface area contributed by atoms with Crippen LogP contribution in [0.25, 0.3) is 0 Å². The molecule has 4 unspecified atom stereocenters. The molecule has 0 amide bonds. The number of esters is 2. The molecule has 19 heavy (non-hydrogen) atoms. The summed E-state index contributed by atoms with van der Waals surface area (Å²) in [5.74, 6) is -9.79. The van der Waals surface area contributed by atoms with Crippen LogP contribution in [0.5, 0.6) is 0 Å². The van der Waals surface area contributed by atoms with Gasteiger partial charge in [0, 0.05) is 0 Å². The second kappa shape index (κ2) is 5.68. The lowest BCUT2D eigenvalue weighted by Gasteiger charge is -2.19. The smallest absolute Gasteiger partial charge is 0.310 e. The molecule has 106 valence electrons. The van der Waals surface area contributed by atoms with Gasteiger partial charge in [-0.3, -0.25) is 19.2 Å². The van der Waals surface area contributed by atoms with Crippen molar-refractivity contribution in [3.63, 3.8) is 0 Å². The second-order valence-corrected chi connectivity index (χ2v) is 4.22. The van der Waals surface area contributed by atoms with E-state index in [4.69, 9.17) is 10.2 Å². The first kappa shape index (κ1) is 14.9. The predicted octanol–water partition coefficient (Wildman–Crippen LogP) is -0.630. The summed E-state index contributed by atoms with van der Waals surface area (Å²) in [7, 11) is 2.09. The number of hydrogen-bond donors (Lipinski definition) is 2.